The Hall–Kier alpha value is -7.24. The number of aromatic nitrogens is 4. The summed E-state index contributed by atoms with van der Waals surface area (Å²) < 4.78 is 11.4. The van der Waals surface area contributed by atoms with Gasteiger partial charge in [-0.05, 0) is 76.1 Å². The standard InChI is InChI=1S/C48H28N4O/c1-2-16-34(17-3-1)51-40-20-10-8-18-35(40)37-23-22-33(27-42(37)51)47-49-45-39-25-30-13-5-7-15-32(30)28-44(39)53-46(45)48(50-47)52-41-21-11-9-19-36(41)38-24-29-12-4-6-14-31(29)26-43(38)52/h1-28H. The summed E-state index contributed by atoms with van der Waals surface area (Å²) >= 11 is 0. The van der Waals surface area contributed by atoms with Gasteiger partial charge in [0.05, 0.1) is 22.1 Å². The molecule has 0 atom stereocenters. The van der Waals surface area contributed by atoms with E-state index in [2.05, 4.69) is 179 Å². The highest BCUT2D eigenvalue weighted by Crippen LogP contribution is 2.41. The summed E-state index contributed by atoms with van der Waals surface area (Å²) in [6.45, 7) is 0. The Morgan fingerprint density at radius 2 is 0.962 bits per heavy atom. The smallest absolute Gasteiger partial charge is 0.197 e. The summed E-state index contributed by atoms with van der Waals surface area (Å²) in [6.07, 6.45) is 0. The molecule has 0 bridgehead atoms. The number of benzene rings is 8. The first-order chi connectivity index (χ1) is 26.3. The summed E-state index contributed by atoms with van der Waals surface area (Å²) in [6, 6.07) is 60.2. The van der Waals surface area contributed by atoms with Gasteiger partial charge in [0.25, 0.3) is 0 Å². The van der Waals surface area contributed by atoms with Gasteiger partial charge in [-0.1, -0.05) is 115 Å². The van der Waals surface area contributed by atoms with Gasteiger partial charge in [-0.2, -0.15) is 0 Å². The van der Waals surface area contributed by atoms with Crippen molar-refractivity contribution in [2.75, 3.05) is 0 Å². The van der Waals surface area contributed by atoms with Gasteiger partial charge < -0.3 is 8.98 Å². The number of nitrogens with zero attached hydrogens (tertiary/aromatic N) is 4. The largest absolute Gasteiger partial charge is 0.450 e. The van der Waals surface area contributed by atoms with E-state index in [1.165, 1.54) is 26.9 Å². The second-order valence-corrected chi connectivity index (χ2v) is 13.8. The maximum atomic E-state index is 6.83. The first-order valence-corrected chi connectivity index (χ1v) is 17.9. The van der Waals surface area contributed by atoms with Crippen molar-refractivity contribution in [1.29, 1.82) is 0 Å². The summed E-state index contributed by atoms with van der Waals surface area (Å²) in [7, 11) is 0. The fourth-order valence-corrected chi connectivity index (χ4v) is 8.44. The van der Waals surface area contributed by atoms with Crippen molar-refractivity contribution in [3.8, 4) is 22.9 Å². The molecule has 0 saturated heterocycles. The minimum absolute atomic E-state index is 0.641. The monoisotopic (exact) mass is 676 g/mol. The van der Waals surface area contributed by atoms with E-state index in [9.17, 15) is 0 Å². The zero-order valence-corrected chi connectivity index (χ0v) is 28.4. The molecule has 5 heteroatoms. The molecule has 0 N–H and O–H groups in total. The average Bonchev–Trinajstić information content (AvgIpc) is 3.86. The van der Waals surface area contributed by atoms with Crippen LogP contribution < -0.4 is 0 Å². The van der Waals surface area contributed by atoms with Crippen molar-refractivity contribution in [1.82, 2.24) is 19.1 Å². The van der Waals surface area contributed by atoms with Gasteiger partial charge in [0, 0.05) is 38.2 Å². The molecule has 12 rings (SSSR count). The van der Waals surface area contributed by atoms with E-state index in [-0.39, 0.29) is 0 Å². The molecule has 53 heavy (non-hydrogen) atoms. The third-order valence-corrected chi connectivity index (χ3v) is 10.9. The van der Waals surface area contributed by atoms with Crippen LogP contribution in [0.2, 0.25) is 0 Å². The fourth-order valence-electron chi connectivity index (χ4n) is 8.44. The first-order valence-electron chi connectivity index (χ1n) is 17.9. The molecule has 12 aromatic rings. The van der Waals surface area contributed by atoms with Crippen LogP contribution in [0.15, 0.2) is 174 Å². The van der Waals surface area contributed by atoms with Crippen LogP contribution >= 0.6 is 0 Å². The van der Waals surface area contributed by atoms with Crippen LogP contribution in [0.3, 0.4) is 0 Å². The molecule has 5 nitrogen and oxygen atoms in total. The maximum Gasteiger partial charge on any atom is 0.197 e. The molecule has 0 aliphatic rings. The Bertz CT molecular complexity index is 3460. The van der Waals surface area contributed by atoms with Crippen LogP contribution in [0.4, 0.5) is 0 Å². The predicted molar refractivity (Wildman–Crippen MR) is 218 cm³/mol. The minimum atomic E-state index is 0.641. The molecule has 4 aromatic heterocycles. The van der Waals surface area contributed by atoms with Gasteiger partial charge in [-0.15, -0.1) is 0 Å². The van der Waals surface area contributed by atoms with Crippen molar-refractivity contribution in [3.63, 3.8) is 0 Å². The molecule has 0 spiro atoms. The fraction of sp³-hybridized carbons (Fsp3) is 0. The molecular formula is C48H28N4O. The minimum Gasteiger partial charge on any atom is -0.450 e. The molecular weight excluding hydrogens is 649 g/mol. The van der Waals surface area contributed by atoms with Crippen LogP contribution in [0.25, 0.3) is 110 Å². The van der Waals surface area contributed by atoms with Crippen LogP contribution in [-0.2, 0) is 0 Å². The van der Waals surface area contributed by atoms with E-state index in [1.807, 2.05) is 0 Å². The molecule has 0 amide bonds. The normalized spacial score (nSPS) is 12.2. The van der Waals surface area contributed by atoms with E-state index in [0.29, 0.717) is 11.4 Å². The Balaban J connectivity index is 1.21. The van der Waals surface area contributed by atoms with E-state index in [0.717, 1.165) is 71.8 Å². The third-order valence-electron chi connectivity index (χ3n) is 10.9. The zero-order chi connectivity index (χ0) is 34.6. The van der Waals surface area contributed by atoms with Crippen LogP contribution in [0, 0.1) is 0 Å². The van der Waals surface area contributed by atoms with E-state index in [1.54, 1.807) is 0 Å². The molecule has 4 heterocycles. The number of hydrogen-bond acceptors (Lipinski definition) is 3. The first kappa shape index (κ1) is 28.5. The zero-order valence-electron chi connectivity index (χ0n) is 28.4. The summed E-state index contributed by atoms with van der Waals surface area (Å²) in [4.78, 5) is 10.8. The lowest BCUT2D eigenvalue weighted by Gasteiger charge is -2.11. The van der Waals surface area contributed by atoms with E-state index < -0.39 is 0 Å². The van der Waals surface area contributed by atoms with Gasteiger partial charge in [-0.3, -0.25) is 4.57 Å². The summed E-state index contributed by atoms with van der Waals surface area (Å²) in [5.74, 6) is 1.36. The SMILES string of the molecule is c1ccc(-n2c3ccccc3c3ccc(-c4nc(-n5c6ccccc6c6cc7ccccc7cc65)c5oc6cc7ccccc7cc6c5n4)cc32)cc1. The molecule has 246 valence electrons. The molecule has 8 aromatic carbocycles. The van der Waals surface area contributed by atoms with Gasteiger partial charge >= 0.3 is 0 Å². The third kappa shape index (κ3) is 4.07. The van der Waals surface area contributed by atoms with Crippen molar-refractivity contribution in [2.24, 2.45) is 0 Å². The Morgan fingerprint density at radius 3 is 1.72 bits per heavy atom. The summed E-state index contributed by atoms with van der Waals surface area (Å²) in [5.41, 5.74) is 8.68. The van der Waals surface area contributed by atoms with Gasteiger partial charge in [0.15, 0.2) is 17.2 Å². The van der Waals surface area contributed by atoms with Crippen LogP contribution in [0.5, 0.6) is 0 Å². The maximum absolute atomic E-state index is 6.83. The Labute approximate surface area is 302 Å². The lowest BCUT2D eigenvalue weighted by Crippen LogP contribution is -2.02. The number of rotatable bonds is 3. The van der Waals surface area contributed by atoms with Crippen molar-refractivity contribution in [3.05, 3.63) is 170 Å². The van der Waals surface area contributed by atoms with Gasteiger partial charge in [-0.25, -0.2) is 9.97 Å². The van der Waals surface area contributed by atoms with Crippen molar-refractivity contribution >= 4 is 87.2 Å². The Morgan fingerprint density at radius 1 is 0.396 bits per heavy atom. The number of fused-ring (bicyclic) bond motifs is 11. The molecule has 0 unspecified atom stereocenters. The second-order valence-electron chi connectivity index (χ2n) is 13.8. The van der Waals surface area contributed by atoms with E-state index >= 15 is 0 Å². The van der Waals surface area contributed by atoms with Crippen molar-refractivity contribution < 1.29 is 4.42 Å². The molecule has 0 saturated carbocycles. The summed E-state index contributed by atoms with van der Waals surface area (Å²) in [5, 5.41) is 10.3. The van der Waals surface area contributed by atoms with Crippen molar-refractivity contribution in [2.45, 2.75) is 0 Å². The second kappa shape index (κ2) is 10.6. The van der Waals surface area contributed by atoms with Crippen LogP contribution in [-0.4, -0.2) is 19.1 Å². The highest BCUT2D eigenvalue weighted by molar-refractivity contribution is 6.16. The molecule has 0 radical (unpaired) electrons. The highest BCUT2D eigenvalue weighted by Gasteiger charge is 2.23. The number of furan rings is 1. The topological polar surface area (TPSA) is 48.8 Å². The van der Waals surface area contributed by atoms with Gasteiger partial charge in [0.2, 0.25) is 0 Å². The lowest BCUT2D eigenvalue weighted by atomic mass is 10.1. The van der Waals surface area contributed by atoms with Gasteiger partial charge in [0.1, 0.15) is 11.1 Å². The molecule has 0 fully saturated rings. The predicted octanol–water partition coefficient (Wildman–Crippen LogP) is 12.5. The lowest BCUT2D eigenvalue weighted by molar-refractivity contribution is 0.663. The average molecular weight is 677 g/mol. The highest BCUT2D eigenvalue weighted by atomic mass is 16.3. The number of hydrogen-bond donors (Lipinski definition) is 0. The molecule has 0 aliphatic heterocycles. The van der Waals surface area contributed by atoms with E-state index in [4.69, 9.17) is 14.4 Å². The quantitative estimate of drug-likeness (QED) is 0.187. The molecule has 0 aliphatic carbocycles. The van der Waals surface area contributed by atoms with Crippen LogP contribution in [0.1, 0.15) is 0 Å². The Kier molecular flexibility index (Phi) is 5.71. The number of para-hydroxylation sites is 3.